The number of pyridine rings is 1. The van der Waals surface area contributed by atoms with E-state index in [0.29, 0.717) is 67.8 Å². The minimum absolute atomic E-state index is 0.214. The van der Waals surface area contributed by atoms with Crippen LogP contribution >= 0.6 is 11.6 Å². The summed E-state index contributed by atoms with van der Waals surface area (Å²) in [6.45, 7) is 5.69. The lowest BCUT2D eigenvalue weighted by Gasteiger charge is -2.47. The summed E-state index contributed by atoms with van der Waals surface area (Å²) < 4.78 is 13.0. The molecule has 1 spiro atoms. The van der Waals surface area contributed by atoms with Crippen molar-refractivity contribution >= 4 is 29.2 Å². The minimum atomic E-state index is -1.11. The number of hydrogen-bond acceptors (Lipinski definition) is 7. The van der Waals surface area contributed by atoms with E-state index < -0.39 is 23.5 Å². The van der Waals surface area contributed by atoms with Crippen molar-refractivity contribution in [1.82, 2.24) is 9.88 Å². The topological polar surface area (TPSA) is 121 Å². The van der Waals surface area contributed by atoms with E-state index in [1.165, 1.54) is 22.4 Å². The summed E-state index contributed by atoms with van der Waals surface area (Å²) in [6, 6.07) is 15.1. The first-order valence-corrected chi connectivity index (χ1v) is 18.9. The van der Waals surface area contributed by atoms with E-state index in [4.69, 9.17) is 21.1 Å². The third-order valence-corrected chi connectivity index (χ3v) is 12.6. The molecule has 51 heavy (non-hydrogen) atoms. The number of carboxylic acid groups (broad SMARTS) is 2. The molecule has 272 valence electrons. The fourth-order valence-corrected chi connectivity index (χ4v) is 9.86. The standard InChI is InChI=1S/C41H50ClN3O6/c1-25(24-50-36-12-17-43-34-9-4-6-26(2)37(34)36)18-28-19-27-10-11-31(51-32-22-35(38(46)47)45(3)23-32)21-33(27)40(28)13-15-41(16-14-40,39(48)49)44-30-8-5-7-29(42)20-30/h5,7-8,10-12,17,20-21,25-26,28,32,35,44H,4,6,9,13-16,18-19,22-24H2,1-3H3,(H,46,47)(H,48,49)/t25-,26-,28+,32-,35-,40?,41?/m1/s1. The van der Waals surface area contributed by atoms with Gasteiger partial charge < -0.3 is 25.0 Å². The molecular weight excluding hydrogens is 666 g/mol. The number of nitrogens with one attached hydrogen (secondary N) is 1. The normalized spacial score (nSPS) is 29.3. The maximum atomic E-state index is 13.0. The number of anilines is 1. The lowest BCUT2D eigenvalue weighted by Crippen LogP contribution is -2.53. The maximum Gasteiger partial charge on any atom is 0.329 e. The Morgan fingerprint density at radius 2 is 1.92 bits per heavy atom. The Morgan fingerprint density at radius 1 is 1.12 bits per heavy atom. The van der Waals surface area contributed by atoms with Gasteiger partial charge in [0.25, 0.3) is 0 Å². The molecule has 10 heteroatoms. The molecule has 3 aromatic rings. The molecule has 2 aromatic carbocycles. The third kappa shape index (κ3) is 7.04. The van der Waals surface area contributed by atoms with Crippen LogP contribution < -0.4 is 14.8 Å². The molecule has 0 amide bonds. The van der Waals surface area contributed by atoms with Crippen LogP contribution in [0.1, 0.15) is 93.5 Å². The van der Waals surface area contributed by atoms with Gasteiger partial charge in [0.15, 0.2) is 0 Å². The van der Waals surface area contributed by atoms with Crippen LogP contribution in [0.5, 0.6) is 11.5 Å². The van der Waals surface area contributed by atoms with E-state index in [1.807, 2.05) is 42.4 Å². The number of rotatable bonds is 11. The highest BCUT2D eigenvalue weighted by atomic mass is 35.5. The largest absolute Gasteiger partial charge is 0.493 e. The van der Waals surface area contributed by atoms with Crippen molar-refractivity contribution in [2.45, 2.75) is 107 Å². The van der Waals surface area contributed by atoms with Crippen LogP contribution in [0.3, 0.4) is 0 Å². The molecule has 4 aliphatic rings. The lowest BCUT2D eigenvalue weighted by atomic mass is 9.59. The van der Waals surface area contributed by atoms with Gasteiger partial charge in [0, 0.05) is 41.1 Å². The van der Waals surface area contributed by atoms with Crippen molar-refractivity contribution in [1.29, 1.82) is 0 Å². The Balaban J connectivity index is 1.13. The van der Waals surface area contributed by atoms with Crippen molar-refractivity contribution in [2.75, 3.05) is 25.5 Å². The minimum Gasteiger partial charge on any atom is -0.493 e. The van der Waals surface area contributed by atoms with Gasteiger partial charge in [-0.05, 0) is 136 Å². The van der Waals surface area contributed by atoms with Crippen molar-refractivity contribution < 1.29 is 29.3 Å². The van der Waals surface area contributed by atoms with Crippen LogP contribution in [-0.2, 0) is 27.8 Å². The van der Waals surface area contributed by atoms with E-state index in [1.54, 1.807) is 12.1 Å². The number of carbonyl (C=O) groups is 2. The number of ether oxygens (including phenoxy) is 2. The van der Waals surface area contributed by atoms with Crippen molar-refractivity contribution in [3.63, 3.8) is 0 Å². The second kappa shape index (κ2) is 14.3. The van der Waals surface area contributed by atoms with E-state index in [-0.39, 0.29) is 17.4 Å². The molecule has 3 N–H and O–H groups in total. The van der Waals surface area contributed by atoms with Gasteiger partial charge in [0.1, 0.15) is 29.2 Å². The van der Waals surface area contributed by atoms with Crippen LogP contribution in [-0.4, -0.2) is 69.9 Å². The number of aromatic nitrogens is 1. The van der Waals surface area contributed by atoms with Gasteiger partial charge in [-0.25, -0.2) is 4.79 Å². The van der Waals surface area contributed by atoms with Gasteiger partial charge in [-0.3, -0.25) is 14.7 Å². The highest BCUT2D eigenvalue weighted by Gasteiger charge is 2.54. The molecule has 0 unspecified atom stereocenters. The summed E-state index contributed by atoms with van der Waals surface area (Å²) in [7, 11) is 1.83. The average Bonchev–Trinajstić information content (AvgIpc) is 3.61. The maximum absolute atomic E-state index is 13.0. The second-order valence-corrected chi connectivity index (χ2v) is 16.2. The van der Waals surface area contributed by atoms with Crippen molar-refractivity contribution in [3.05, 3.63) is 82.1 Å². The van der Waals surface area contributed by atoms with E-state index in [0.717, 1.165) is 43.6 Å². The molecule has 9 nitrogen and oxygen atoms in total. The first-order chi connectivity index (χ1) is 24.5. The molecule has 1 aromatic heterocycles. The summed E-state index contributed by atoms with van der Waals surface area (Å²) in [5.74, 6) is 1.05. The van der Waals surface area contributed by atoms with E-state index in [9.17, 15) is 19.8 Å². The first kappa shape index (κ1) is 35.6. The number of nitrogens with zero attached hydrogens (tertiary/aromatic N) is 2. The quantitative estimate of drug-likeness (QED) is 0.183. The van der Waals surface area contributed by atoms with Gasteiger partial charge in [-0.1, -0.05) is 37.6 Å². The summed E-state index contributed by atoms with van der Waals surface area (Å²) >= 11 is 6.28. The summed E-state index contributed by atoms with van der Waals surface area (Å²) in [6.07, 6.45) is 9.64. The van der Waals surface area contributed by atoms with Crippen LogP contribution in [0.25, 0.3) is 0 Å². The average molecular weight is 716 g/mol. The number of likely N-dealkylation sites (tertiary alicyclic amines) is 1. The van der Waals surface area contributed by atoms with Crippen LogP contribution in [0.4, 0.5) is 5.69 Å². The zero-order valence-corrected chi connectivity index (χ0v) is 30.6. The van der Waals surface area contributed by atoms with Crippen molar-refractivity contribution in [2.24, 2.45) is 11.8 Å². The SMILES string of the molecule is C[C@@H](COc1ccnc2c1[C@H](C)CCC2)C[C@H]1Cc2ccc(O[C@@H]3C[C@H](C(=O)O)N(C)C3)cc2C12CCC(Nc1cccc(Cl)c1)(C(=O)O)CC2. The zero-order chi connectivity index (χ0) is 35.9. The van der Waals surface area contributed by atoms with Gasteiger partial charge in [0.05, 0.1) is 6.61 Å². The molecule has 1 aliphatic heterocycles. The highest BCUT2D eigenvalue weighted by Crippen LogP contribution is 2.57. The smallest absolute Gasteiger partial charge is 0.329 e. The number of fused-ring (bicyclic) bond motifs is 3. The molecule has 2 fully saturated rings. The molecule has 7 rings (SSSR count). The molecule has 0 bridgehead atoms. The molecule has 1 saturated carbocycles. The predicted octanol–water partition coefficient (Wildman–Crippen LogP) is 7.74. The van der Waals surface area contributed by atoms with Crippen LogP contribution in [0, 0.1) is 11.8 Å². The van der Waals surface area contributed by atoms with E-state index >= 15 is 0 Å². The van der Waals surface area contributed by atoms with Crippen molar-refractivity contribution in [3.8, 4) is 11.5 Å². The Morgan fingerprint density at radius 3 is 2.65 bits per heavy atom. The Bertz CT molecular complexity index is 1770. The van der Waals surface area contributed by atoms with Crippen LogP contribution in [0.15, 0.2) is 54.7 Å². The Hall–Kier alpha value is -3.82. The third-order valence-electron chi connectivity index (χ3n) is 12.4. The Kier molecular flexibility index (Phi) is 9.98. The number of likely N-dealkylation sites (N-methyl/N-ethyl adjacent to an activating group) is 1. The van der Waals surface area contributed by atoms with Gasteiger partial charge in [-0.2, -0.15) is 0 Å². The molecule has 1 saturated heterocycles. The number of hydrogen-bond donors (Lipinski definition) is 3. The molecular formula is C41H50ClN3O6. The number of carboxylic acids is 2. The van der Waals surface area contributed by atoms with Gasteiger partial charge >= 0.3 is 11.9 Å². The highest BCUT2D eigenvalue weighted by molar-refractivity contribution is 6.30. The number of benzene rings is 2. The van der Waals surface area contributed by atoms with Gasteiger partial charge in [0.2, 0.25) is 0 Å². The second-order valence-electron chi connectivity index (χ2n) is 15.8. The summed E-state index contributed by atoms with van der Waals surface area (Å²) in [5.41, 5.74) is 4.34. The van der Waals surface area contributed by atoms with Gasteiger partial charge in [-0.15, -0.1) is 0 Å². The molecule has 2 heterocycles. The summed E-state index contributed by atoms with van der Waals surface area (Å²) in [5, 5.41) is 24.2. The number of aliphatic carboxylic acids is 2. The zero-order valence-electron chi connectivity index (χ0n) is 29.9. The number of aryl methyl sites for hydroxylation is 1. The number of halogens is 1. The molecule has 3 aliphatic carbocycles. The fourth-order valence-electron chi connectivity index (χ4n) is 9.67. The molecule has 5 atom stereocenters. The Labute approximate surface area is 305 Å². The molecule has 0 radical (unpaired) electrons. The fraction of sp³-hybridized carbons (Fsp3) is 0.537. The van der Waals surface area contributed by atoms with E-state index in [2.05, 4.69) is 36.3 Å². The lowest BCUT2D eigenvalue weighted by molar-refractivity contribution is -0.144. The predicted molar refractivity (Wildman–Crippen MR) is 197 cm³/mol. The first-order valence-electron chi connectivity index (χ1n) is 18.6. The monoisotopic (exact) mass is 715 g/mol. The summed E-state index contributed by atoms with van der Waals surface area (Å²) in [4.78, 5) is 31.2. The van der Waals surface area contributed by atoms with Crippen LogP contribution in [0.2, 0.25) is 5.02 Å².